The summed E-state index contributed by atoms with van der Waals surface area (Å²) in [5.74, 6) is -1.20. The van der Waals surface area contributed by atoms with E-state index in [1.807, 2.05) is 20.8 Å². The standard InChI is InChI=1S/C14H21NO4S2/c1-8-9(7-10(16)17)20-12(15-8)21-14(5,6)11(18)19-13(2,3)4/h7H2,1-6H3,(H,16,17). The smallest absolute Gasteiger partial charge is 0.322 e. The summed E-state index contributed by atoms with van der Waals surface area (Å²) < 4.78 is 5.30. The van der Waals surface area contributed by atoms with E-state index in [0.717, 1.165) is 0 Å². The molecule has 0 aromatic carbocycles. The molecular formula is C14H21NO4S2. The molecule has 1 aromatic rings. The molecule has 0 aliphatic carbocycles. The summed E-state index contributed by atoms with van der Waals surface area (Å²) in [6.45, 7) is 10.8. The van der Waals surface area contributed by atoms with E-state index in [-0.39, 0.29) is 12.4 Å². The lowest BCUT2D eigenvalue weighted by molar-refractivity contribution is -0.156. The van der Waals surface area contributed by atoms with Gasteiger partial charge >= 0.3 is 11.9 Å². The van der Waals surface area contributed by atoms with Gasteiger partial charge in [-0.3, -0.25) is 9.59 Å². The van der Waals surface area contributed by atoms with Gasteiger partial charge in [0.05, 0.1) is 12.1 Å². The molecule has 1 aromatic heterocycles. The molecule has 0 bridgehead atoms. The number of carboxylic acid groups (broad SMARTS) is 1. The summed E-state index contributed by atoms with van der Waals surface area (Å²) >= 11 is 2.61. The van der Waals surface area contributed by atoms with Crippen molar-refractivity contribution in [3.8, 4) is 0 Å². The SMILES string of the molecule is Cc1nc(SC(C)(C)C(=O)OC(C)(C)C)sc1CC(=O)O. The highest BCUT2D eigenvalue weighted by atomic mass is 32.2. The molecule has 0 spiro atoms. The van der Waals surface area contributed by atoms with Crippen LogP contribution in [0.25, 0.3) is 0 Å². The number of hydrogen-bond donors (Lipinski definition) is 1. The van der Waals surface area contributed by atoms with E-state index in [0.29, 0.717) is 14.9 Å². The molecule has 21 heavy (non-hydrogen) atoms. The van der Waals surface area contributed by atoms with Crippen molar-refractivity contribution in [1.82, 2.24) is 4.98 Å². The lowest BCUT2D eigenvalue weighted by Crippen LogP contribution is -2.36. The Labute approximate surface area is 133 Å². The molecule has 0 saturated carbocycles. The number of thioether (sulfide) groups is 1. The first-order chi connectivity index (χ1) is 9.40. The third-order valence-electron chi connectivity index (χ3n) is 2.42. The highest BCUT2D eigenvalue weighted by molar-refractivity contribution is 8.03. The molecule has 0 aliphatic rings. The van der Waals surface area contributed by atoms with Gasteiger partial charge in [0.2, 0.25) is 0 Å². The minimum absolute atomic E-state index is 0.0447. The molecule has 0 radical (unpaired) electrons. The Kier molecular flexibility index (Phi) is 5.44. The topological polar surface area (TPSA) is 76.5 Å². The zero-order chi connectivity index (χ0) is 16.4. The van der Waals surface area contributed by atoms with Gasteiger partial charge in [0.25, 0.3) is 0 Å². The van der Waals surface area contributed by atoms with Crippen molar-refractivity contribution in [3.05, 3.63) is 10.6 Å². The van der Waals surface area contributed by atoms with Crippen LogP contribution in [0.15, 0.2) is 4.34 Å². The lowest BCUT2D eigenvalue weighted by atomic mass is 10.1. The second-order valence-corrected chi connectivity index (χ2v) is 9.13. The first-order valence-electron chi connectivity index (χ1n) is 6.51. The van der Waals surface area contributed by atoms with Crippen LogP contribution < -0.4 is 0 Å². The molecule has 5 nitrogen and oxygen atoms in total. The van der Waals surface area contributed by atoms with Crippen LogP contribution in [0.3, 0.4) is 0 Å². The van der Waals surface area contributed by atoms with E-state index in [4.69, 9.17) is 9.84 Å². The van der Waals surface area contributed by atoms with Crippen LogP contribution in [0.5, 0.6) is 0 Å². The van der Waals surface area contributed by atoms with E-state index in [1.54, 1.807) is 20.8 Å². The van der Waals surface area contributed by atoms with E-state index in [9.17, 15) is 9.59 Å². The molecule has 0 amide bonds. The number of ether oxygens (including phenoxy) is 1. The van der Waals surface area contributed by atoms with Crippen LogP contribution in [-0.2, 0) is 20.7 Å². The number of nitrogens with zero attached hydrogens (tertiary/aromatic N) is 1. The average Bonchev–Trinajstić information content (AvgIpc) is 2.54. The third kappa shape index (κ3) is 5.67. The van der Waals surface area contributed by atoms with Gasteiger partial charge in [0.1, 0.15) is 10.3 Å². The molecular weight excluding hydrogens is 310 g/mol. The van der Waals surface area contributed by atoms with E-state index in [1.165, 1.54) is 23.1 Å². The number of rotatable bonds is 5. The molecule has 0 aliphatic heterocycles. The van der Waals surface area contributed by atoms with E-state index in [2.05, 4.69) is 4.98 Å². The zero-order valence-corrected chi connectivity index (χ0v) is 14.8. The third-order valence-corrected chi connectivity index (χ3v) is 4.81. The molecule has 0 saturated heterocycles. The summed E-state index contributed by atoms with van der Waals surface area (Å²) in [6.07, 6.45) is -0.0447. The van der Waals surface area contributed by atoms with Crippen molar-refractivity contribution >= 4 is 35.0 Å². The van der Waals surface area contributed by atoms with Crippen molar-refractivity contribution in [2.24, 2.45) is 0 Å². The number of carbonyl (C=O) groups excluding carboxylic acids is 1. The fraction of sp³-hybridized carbons (Fsp3) is 0.643. The number of carboxylic acids is 1. The van der Waals surface area contributed by atoms with Gasteiger partial charge in [-0.15, -0.1) is 11.3 Å². The number of aliphatic carboxylic acids is 1. The minimum Gasteiger partial charge on any atom is -0.481 e. The molecule has 118 valence electrons. The number of thiazole rings is 1. The molecule has 1 N–H and O–H groups in total. The molecule has 1 heterocycles. The Balaban J connectivity index is 2.84. The quantitative estimate of drug-likeness (QED) is 0.659. The van der Waals surface area contributed by atoms with Crippen LogP contribution in [0.2, 0.25) is 0 Å². The van der Waals surface area contributed by atoms with Gasteiger partial charge in [-0.1, -0.05) is 11.8 Å². The van der Waals surface area contributed by atoms with Crippen molar-refractivity contribution in [2.75, 3.05) is 0 Å². The van der Waals surface area contributed by atoms with Crippen LogP contribution in [-0.4, -0.2) is 32.4 Å². The van der Waals surface area contributed by atoms with Gasteiger partial charge < -0.3 is 9.84 Å². The number of aromatic nitrogens is 1. The summed E-state index contributed by atoms with van der Waals surface area (Å²) in [7, 11) is 0. The Morgan fingerprint density at radius 1 is 1.29 bits per heavy atom. The Morgan fingerprint density at radius 3 is 2.33 bits per heavy atom. The van der Waals surface area contributed by atoms with Gasteiger partial charge in [-0.2, -0.15) is 0 Å². The highest BCUT2D eigenvalue weighted by Gasteiger charge is 2.35. The lowest BCUT2D eigenvalue weighted by Gasteiger charge is -2.27. The highest BCUT2D eigenvalue weighted by Crippen LogP contribution is 2.38. The minimum atomic E-state index is -0.885. The largest absolute Gasteiger partial charge is 0.481 e. The Hall–Kier alpha value is -1.08. The van der Waals surface area contributed by atoms with Crippen LogP contribution >= 0.6 is 23.1 Å². The number of hydrogen-bond acceptors (Lipinski definition) is 6. The van der Waals surface area contributed by atoms with Crippen LogP contribution in [0, 0.1) is 6.92 Å². The maximum Gasteiger partial charge on any atom is 0.322 e. The molecule has 0 atom stereocenters. The fourth-order valence-corrected chi connectivity index (χ4v) is 4.03. The van der Waals surface area contributed by atoms with Crippen molar-refractivity contribution in [1.29, 1.82) is 0 Å². The van der Waals surface area contributed by atoms with E-state index < -0.39 is 16.3 Å². The molecule has 7 heteroatoms. The van der Waals surface area contributed by atoms with Crippen molar-refractivity contribution < 1.29 is 19.4 Å². The van der Waals surface area contributed by atoms with Crippen molar-refractivity contribution in [3.63, 3.8) is 0 Å². The Bertz CT molecular complexity index is 544. The summed E-state index contributed by atoms with van der Waals surface area (Å²) in [4.78, 5) is 28.0. The van der Waals surface area contributed by atoms with Crippen LogP contribution in [0.4, 0.5) is 0 Å². The first kappa shape index (κ1) is 18.0. The zero-order valence-electron chi connectivity index (χ0n) is 13.1. The maximum atomic E-state index is 12.2. The monoisotopic (exact) mass is 331 g/mol. The summed E-state index contributed by atoms with van der Waals surface area (Å²) in [5, 5.41) is 8.85. The Morgan fingerprint density at radius 2 is 1.86 bits per heavy atom. The first-order valence-corrected chi connectivity index (χ1v) is 8.14. The summed E-state index contributed by atoms with van der Waals surface area (Å²) in [6, 6.07) is 0. The second kappa shape index (κ2) is 6.36. The van der Waals surface area contributed by atoms with E-state index >= 15 is 0 Å². The predicted octanol–water partition coefficient (Wildman–Crippen LogP) is 3.29. The van der Waals surface area contributed by atoms with Gasteiger partial charge in [0.15, 0.2) is 4.34 Å². The second-order valence-electron chi connectivity index (χ2n) is 6.17. The van der Waals surface area contributed by atoms with Gasteiger partial charge in [0, 0.05) is 4.88 Å². The van der Waals surface area contributed by atoms with Gasteiger partial charge in [-0.25, -0.2) is 4.98 Å². The number of aryl methyl sites for hydroxylation is 1. The maximum absolute atomic E-state index is 12.2. The molecule has 0 fully saturated rings. The number of carbonyl (C=O) groups is 2. The fourth-order valence-electron chi connectivity index (χ4n) is 1.41. The summed E-state index contributed by atoms with van der Waals surface area (Å²) in [5.41, 5.74) is 0.159. The molecule has 1 rings (SSSR count). The number of esters is 1. The predicted molar refractivity (Wildman–Crippen MR) is 84.0 cm³/mol. The average molecular weight is 331 g/mol. The van der Waals surface area contributed by atoms with Crippen molar-refractivity contribution in [2.45, 2.75) is 62.7 Å². The normalized spacial score (nSPS) is 12.3. The van der Waals surface area contributed by atoms with Crippen LogP contribution in [0.1, 0.15) is 45.2 Å². The molecule has 0 unspecified atom stereocenters. The van der Waals surface area contributed by atoms with Gasteiger partial charge in [-0.05, 0) is 41.5 Å².